The van der Waals surface area contributed by atoms with Gasteiger partial charge < -0.3 is 4.90 Å². The lowest BCUT2D eigenvalue weighted by Gasteiger charge is -2.18. The average Bonchev–Trinajstić information content (AvgIpc) is 3.01. The number of nitrogens with zero attached hydrogens (tertiary/aromatic N) is 5. The first-order valence-electron chi connectivity index (χ1n) is 6.72. The Bertz CT molecular complexity index is 722. The van der Waals surface area contributed by atoms with E-state index in [4.69, 9.17) is 0 Å². The van der Waals surface area contributed by atoms with E-state index >= 15 is 0 Å². The van der Waals surface area contributed by atoms with E-state index < -0.39 is 17.8 Å². The van der Waals surface area contributed by atoms with E-state index in [1.807, 2.05) is 6.92 Å². The molecule has 6 nitrogen and oxygen atoms in total. The van der Waals surface area contributed by atoms with Crippen LogP contribution in [0.3, 0.4) is 0 Å². The van der Waals surface area contributed by atoms with Crippen LogP contribution < -0.4 is 0 Å². The fraction of sp³-hybridized carbons (Fsp3) is 0.462. The van der Waals surface area contributed by atoms with Crippen molar-refractivity contribution in [2.24, 2.45) is 7.05 Å². The Morgan fingerprint density at radius 3 is 2.61 bits per heavy atom. The number of amides is 1. The quantitative estimate of drug-likeness (QED) is 0.802. The van der Waals surface area contributed by atoms with E-state index in [9.17, 15) is 18.0 Å². The highest BCUT2D eigenvalue weighted by atomic mass is 79.9. The molecule has 0 atom stereocenters. The van der Waals surface area contributed by atoms with E-state index in [0.717, 1.165) is 10.4 Å². The van der Waals surface area contributed by atoms with Crippen molar-refractivity contribution in [3.63, 3.8) is 0 Å². The van der Waals surface area contributed by atoms with Crippen LogP contribution in [-0.4, -0.2) is 37.4 Å². The maximum absolute atomic E-state index is 12.9. The average molecular weight is 394 g/mol. The van der Waals surface area contributed by atoms with Crippen LogP contribution in [0.4, 0.5) is 13.2 Å². The molecule has 126 valence electrons. The van der Waals surface area contributed by atoms with Crippen molar-refractivity contribution in [3.05, 3.63) is 33.8 Å². The molecule has 0 saturated heterocycles. The number of aromatic nitrogens is 4. The molecular formula is C13H15BrF3N5O. The summed E-state index contributed by atoms with van der Waals surface area (Å²) in [5.74, 6) is -0.564. The van der Waals surface area contributed by atoms with Gasteiger partial charge in [-0.05, 0) is 28.9 Å². The second-order valence-electron chi connectivity index (χ2n) is 4.93. The molecule has 2 rings (SSSR count). The van der Waals surface area contributed by atoms with Gasteiger partial charge in [-0.3, -0.25) is 14.2 Å². The third-order valence-electron chi connectivity index (χ3n) is 3.31. The van der Waals surface area contributed by atoms with Gasteiger partial charge in [0.05, 0.1) is 16.7 Å². The van der Waals surface area contributed by atoms with Crippen molar-refractivity contribution < 1.29 is 18.0 Å². The molecule has 23 heavy (non-hydrogen) atoms. The summed E-state index contributed by atoms with van der Waals surface area (Å²) in [6, 6.07) is 1.76. The van der Waals surface area contributed by atoms with Crippen LogP contribution in [-0.2, 0) is 26.3 Å². The van der Waals surface area contributed by atoms with Crippen molar-refractivity contribution in [2.75, 3.05) is 7.05 Å². The summed E-state index contributed by atoms with van der Waals surface area (Å²) < 4.78 is 40.9. The van der Waals surface area contributed by atoms with Crippen molar-refractivity contribution in [3.8, 4) is 0 Å². The van der Waals surface area contributed by atoms with Crippen LogP contribution in [0.5, 0.6) is 0 Å². The molecule has 0 bridgehead atoms. The molecule has 0 unspecified atom stereocenters. The van der Waals surface area contributed by atoms with Crippen LogP contribution in [0.2, 0.25) is 0 Å². The van der Waals surface area contributed by atoms with Gasteiger partial charge in [-0.15, -0.1) is 0 Å². The summed E-state index contributed by atoms with van der Waals surface area (Å²) in [5.41, 5.74) is -0.476. The second kappa shape index (κ2) is 6.34. The molecule has 0 saturated carbocycles. The van der Waals surface area contributed by atoms with Gasteiger partial charge in [-0.1, -0.05) is 0 Å². The highest BCUT2D eigenvalue weighted by molar-refractivity contribution is 9.10. The fourth-order valence-corrected chi connectivity index (χ4v) is 2.92. The van der Waals surface area contributed by atoms with Crippen LogP contribution in [0.1, 0.15) is 28.8 Å². The zero-order valence-electron chi connectivity index (χ0n) is 12.7. The number of rotatable bonds is 4. The lowest BCUT2D eigenvalue weighted by molar-refractivity contribution is -0.142. The van der Waals surface area contributed by atoms with Gasteiger partial charge in [-0.2, -0.15) is 23.4 Å². The molecule has 0 aliphatic rings. The first kappa shape index (κ1) is 17.5. The first-order valence-corrected chi connectivity index (χ1v) is 7.52. The maximum atomic E-state index is 12.9. The number of aryl methyl sites for hydroxylation is 2. The molecule has 1 amide bonds. The number of carbonyl (C=O) groups is 1. The smallest absolute Gasteiger partial charge is 0.334 e. The summed E-state index contributed by atoms with van der Waals surface area (Å²) in [4.78, 5) is 13.8. The molecular weight excluding hydrogens is 379 g/mol. The number of alkyl halides is 3. The summed E-state index contributed by atoms with van der Waals surface area (Å²) in [6.07, 6.45) is -3.02. The van der Waals surface area contributed by atoms with Crippen LogP contribution in [0, 0.1) is 0 Å². The van der Waals surface area contributed by atoms with Crippen molar-refractivity contribution in [1.82, 2.24) is 24.5 Å². The first-order chi connectivity index (χ1) is 10.7. The van der Waals surface area contributed by atoms with Gasteiger partial charge >= 0.3 is 6.18 Å². The number of hydrogen-bond donors (Lipinski definition) is 0. The largest absolute Gasteiger partial charge is 0.436 e. The summed E-state index contributed by atoms with van der Waals surface area (Å²) in [6.45, 7) is 2.77. The second-order valence-corrected chi connectivity index (χ2v) is 5.73. The Kier molecular flexibility index (Phi) is 4.83. The van der Waals surface area contributed by atoms with Gasteiger partial charge in [0, 0.05) is 26.8 Å². The molecule has 0 N–H and O–H groups in total. The van der Waals surface area contributed by atoms with Crippen molar-refractivity contribution >= 4 is 21.8 Å². The minimum absolute atomic E-state index is 0.151. The van der Waals surface area contributed by atoms with E-state index in [1.165, 1.54) is 19.0 Å². The molecule has 0 aliphatic heterocycles. The Morgan fingerprint density at radius 1 is 1.43 bits per heavy atom. The number of hydrogen-bond acceptors (Lipinski definition) is 3. The Labute approximate surface area is 139 Å². The summed E-state index contributed by atoms with van der Waals surface area (Å²) in [5, 5.41) is 7.49. The molecule has 0 aromatic carbocycles. The Hall–Kier alpha value is -1.84. The minimum Gasteiger partial charge on any atom is -0.334 e. The van der Waals surface area contributed by atoms with Crippen molar-refractivity contribution in [1.29, 1.82) is 0 Å². The molecule has 0 radical (unpaired) electrons. The topological polar surface area (TPSA) is 56.0 Å². The maximum Gasteiger partial charge on any atom is 0.436 e. The SMILES string of the molecule is CCn1nccc1CN(C)C(=O)c1c(Br)c(C(F)(F)F)nn1C. The Morgan fingerprint density at radius 2 is 2.09 bits per heavy atom. The van der Waals surface area contributed by atoms with Crippen molar-refractivity contribution in [2.45, 2.75) is 26.2 Å². The van der Waals surface area contributed by atoms with E-state index in [2.05, 4.69) is 26.1 Å². The molecule has 2 aromatic heterocycles. The zero-order valence-corrected chi connectivity index (χ0v) is 14.3. The summed E-state index contributed by atoms with van der Waals surface area (Å²) >= 11 is 2.84. The predicted octanol–water partition coefficient (Wildman–Crippen LogP) is 2.69. The van der Waals surface area contributed by atoms with E-state index in [1.54, 1.807) is 16.9 Å². The summed E-state index contributed by atoms with van der Waals surface area (Å²) in [7, 11) is 2.82. The molecule has 2 aromatic rings. The zero-order chi connectivity index (χ0) is 17.4. The van der Waals surface area contributed by atoms with Crippen LogP contribution >= 0.6 is 15.9 Å². The molecule has 0 aliphatic carbocycles. The van der Waals surface area contributed by atoms with E-state index in [0.29, 0.717) is 6.54 Å². The standard InChI is InChI=1S/C13H15BrF3N5O/c1-4-22-8(5-6-18-22)7-20(2)12(23)10-9(14)11(13(15,16)17)19-21(10)3/h5-6H,4,7H2,1-3H3. The fourth-order valence-electron chi connectivity index (χ4n) is 2.19. The highest BCUT2D eigenvalue weighted by Gasteiger charge is 2.39. The monoisotopic (exact) mass is 393 g/mol. The highest BCUT2D eigenvalue weighted by Crippen LogP contribution is 2.35. The van der Waals surface area contributed by atoms with Gasteiger partial charge in [0.1, 0.15) is 5.69 Å². The Balaban J connectivity index is 2.28. The lowest BCUT2D eigenvalue weighted by atomic mass is 10.3. The number of halogens is 4. The van der Waals surface area contributed by atoms with Gasteiger partial charge in [0.25, 0.3) is 5.91 Å². The van der Waals surface area contributed by atoms with Crippen LogP contribution in [0.15, 0.2) is 16.7 Å². The normalized spacial score (nSPS) is 11.8. The van der Waals surface area contributed by atoms with Gasteiger partial charge in [0.15, 0.2) is 5.69 Å². The van der Waals surface area contributed by atoms with Gasteiger partial charge in [0.2, 0.25) is 0 Å². The third kappa shape index (κ3) is 3.41. The molecule has 2 heterocycles. The molecule has 10 heteroatoms. The predicted molar refractivity (Wildman–Crippen MR) is 79.6 cm³/mol. The number of carbonyl (C=O) groups excluding carboxylic acids is 1. The minimum atomic E-state index is -4.63. The van der Waals surface area contributed by atoms with Gasteiger partial charge in [-0.25, -0.2) is 0 Å². The molecule has 0 spiro atoms. The lowest BCUT2D eigenvalue weighted by Crippen LogP contribution is -2.29. The molecule has 0 fully saturated rings. The third-order valence-corrected chi connectivity index (χ3v) is 4.06. The van der Waals surface area contributed by atoms with E-state index in [-0.39, 0.29) is 16.7 Å². The van der Waals surface area contributed by atoms with Crippen LogP contribution in [0.25, 0.3) is 0 Å².